The third-order valence-corrected chi connectivity index (χ3v) is 5.68. The Kier molecular flexibility index (Phi) is 7.82. The van der Waals surface area contributed by atoms with Gasteiger partial charge in [-0.2, -0.15) is 18.3 Å². The highest BCUT2D eigenvalue weighted by atomic mass is 32.2. The molecule has 5 N–H and O–H groups in total. The molecule has 0 radical (unpaired) electrons. The third kappa shape index (κ3) is 6.30. The standard InChI is InChI=1S/C24H22F3N7O2S/c1-2-37-34-16-7-6-15(12-17(16)36-13-14-8-10-29-11-9-14)21-20(22(28)35)23(33-32-21)31-19-5-3-4-18(30-19)24(25,26)27/h3-12,34H,2,13H2,1H3,(H2,28,35)(H2,30,31,32,33). The number of H-pyrrole nitrogens is 1. The SMILES string of the molecule is CCSNc1ccc(-c2n[nH]c(Nc3cccc(C(F)(F)F)n3)c2C(N)=O)cc1OCc1ccncc1. The molecule has 0 atom stereocenters. The van der Waals surface area contributed by atoms with Crippen LogP contribution in [0.3, 0.4) is 0 Å². The largest absolute Gasteiger partial charge is 0.487 e. The predicted molar refractivity (Wildman–Crippen MR) is 135 cm³/mol. The zero-order valence-electron chi connectivity index (χ0n) is 19.5. The van der Waals surface area contributed by atoms with Crippen molar-refractivity contribution in [2.24, 2.45) is 5.73 Å². The number of carbonyl (C=O) groups is 1. The number of primary amides is 1. The summed E-state index contributed by atoms with van der Waals surface area (Å²) in [7, 11) is 0. The van der Waals surface area contributed by atoms with Gasteiger partial charge in [-0.05, 0) is 42.0 Å². The van der Waals surface area contributed by atoms with Crippen molar-refractivity contribution in [2.75, 3.05) is 15.8 Å². The second-order valence-electron chi connectivity index (χ2n) is 7.61. The maximum atomic E-state index is 13.1. The second-order valence-corrected chi connectivity index (χ2v) is 8.68. The number of ether oxygens (including phenoxy) is 1. The number of hydrogen-bond acceptors (Lipinski definition) is 8. The van der Waals surface area contributed by atoms with Gasteiger partial charge in [-0.1, -0.05) is 31.0 Å². The van der Waals surface area contributed by atoms with Crippen LogP contribution in [0.25, 0.3) is 11.3 Å². The van der Waals surface area contributed by atoms with Crippen LogP contribution in [0.4, 0.5) is 30.5 Å². The molecular weight excluding hydrogens is 507 g/mol. The summed E-state index contributed by atoms with van der Waals surface area (Å²) in [4.78, 5) is 19.9. The number of nitrogens with two attached hydrogens (primary N) is 1. The molecule has 1 amide bonds. The number of alkyl halides is 3. The van der Waals surface area contributed by atoms with Gasteiger partial charge < -0.3 is 20.5 Å². The number of nitrogens with zero attached hydrogens (tertiary/aromatic N) is 3. The first kappa shape index (κ1) is 25.8. The number of nitrogens with one attached hydrogen (secondary N) is 3. The molecule has 0 bridgehead atoms. The molecule has 37 heavy (non-hydrogen) atoms. The number of carbonyl (C=O) groups excluding carboxylic acids is 1. The summed E-state index contributed by atoms with van der Waals surface area (Å²) in [6.45, 7) is 2.27. The number of hydrogen-bond donors (Lipinski definition) is 4. The summed E-state index contributed by atoms with van der Waals surface area (Å²) in [5, 5.41) is 9.51. The number of halogens is 3. The maximum absolute atomic E-state index is 13.1. The maximum Gasteiger partial charge on any atom is 0.433 e. The van der Waals surface area contributed by atoms with Crippen LogP contribution in [0.2, 0.25) is 0 Å². The zero-order valence-corrected chi connectivity index (χ0v) is 20.3. The molecule has 0 unspecified atom stereocenters. The fourth-order valence-electron chi connectivity index (χ4n) is 3.33. The van der Waals surface area contributed by atoms with E-state index in [0.29, 0.717) is 17.0 Å². The van der Waals surface area contributed by atoms with E-state index in [1.807, 2.05) is 19.1 Å². The summed E-state index contributed by atoms with van der Waals surface area (Å²) in [6, 6.07) is 12.2. The molecule has 0 spiro atoms. The summed E-state index contributed by atoms with van der Waals surface area (Å²) in [6.07, 6.45) is -1.29. The molecule has 3 heterocycles. The van der Waals surface area contributed by atoms with Crippen LogP contribution in [0.5, 0.6) is 5.75 Å². The van der Waals surface area contributed by atoms with Crippen LogP contribution in [-0.4, -0.2) is 31.8 Å². The number of aromatic nitrogens is 4. The lowest BCUT2D eigenvalue weighted by atomic mass is 10.1. The van der Waals surface area contributed by atoms with Gasteiger partial charge in [0.25, 0.3) is 5.91 Å². The predicted octanol–water partition coefficient (Wildman–Crippen LogP) is 5.39. The molecule has 0 aliphatic heterocycles. The smallest absolute Gasteiger partial charge is 0.433 e. The number of pyridine rings is 2. The zero-order chi connectivity index (χ0) is 26.4. The number of aromatic amines is 1. The highest BCUT2D eigenvalue weighted by molar-refractivity contribution is 8.00. The van der Waals surface area contributed by atoms with Crippen LogP contribution in [0.15, 0.2) is 60.9 Å². The molecule has 0 saturated carbocycles. The van der Waals surface area contributed by atoms with Gasteiger partial charge in [0.1, 0.15) is 40.9 Å². The minimum Gasteiger partial charge on any atom is -0.487 e. The van der Waals surface area contributed by atoms with Gasteiger partial charge in [0.05, 0.1) is 5.69 Å². The number of benzene rings is 1. The lowest BCUT2D eigenvalue weighted by Crippen LogP contribution is -2.14. The molecule has 0 fully saturated rings. The van der Waals surface area contributed by atoms with E-state index in [1.54, 1.807) is 30.6 Å². The van der Waals surface area contributed by atoms with Crippen molar-refractivity contribution in [2.45, 2.75) is 19.7 Å². The number of amides is 1. The molecular formula is C24H22F3N7O2S. The normalized spacial score (nSPS) is 11.2. The van der Waals surface area contributed by atoms with E-state index >= 15 is 0 Å². The van der Waals surface area contributed by atoms with Crippen molar-refractivity contribution in [1.29, 1.82) is 0 Å². The van der Waals surface area contributed by atoms with Crippen LogP contribution in [-0.2, 0) is 12.8 Å². The van der Waals surface area contributed by atoms with Gasteiger partial charge in [-0.15, -0.1) is 0 Å². The first-order valence-corrected chi connectivity index (χ1v) is 12.0. The van der Waals surface area contributed by atoms with Crippen molar-refractivity contribution in [3.8, 4) is 17.0 Å². The molecule has 3 aromatic heterocycles. The summed E-state index contributed by atoms with van der Waals surface area (Å²) < 4.78 is 48.4. The molecule has 192 valence electrons. The van der Waals surface area contributed by atoms with Gasteiger partial charge in [-0.25, -0.2) is 4.98 Å². The van der Waals surface area contributed by atoms with Crippen LogP contribution >= 0.6 is 11.9 Å². The van der Waals surface area contributed by atoms with Crippen LogP contribution < -0.4 is 20.5 Å². The minimum atomic E-state index is -4.62. The van der Waals surface area contributed by atoms with E-state index in [2.05, 4.69) is 30.2 Å². The van der Waals surface area contributed by atoms with Crippen molar-refractivity contribution in [3.05, 3.63) is 77.7 Å². The first-order chi connectivity index (χ1) is 17.8. The lowest BCUT2D eigenvalue weighted by Gasteiger charge is -2.14. The fourth-order valence-corrected chi connectivity index (χ4v) is 3.80. The van der Waals surface area contributed by atoms with E-state index < -0.39 is 17.8 Å². The summed E-state index contributed by atoms with van der Waals surface area (Å²) >= 11 is 1.48. The topological polar surface area (TPSA) is 131 Å². The van der Waals surface area contributed by atoms with Crippen LogP contribution in [0.1, 0.15) is 28.5 Å². The van der Waals surface area contributed by atoms with Gasteiger partial charge in [0, 0.05) is 23.7 Å². The van der Waals surface area contributed by atoms with Gasteiger partial charge in [0.2, 0.25) is 0 Å². The summed E-state index contributed by atoms with van der Waals surface area (Å²) in [5.74, 6) is 0.362. The minimum absolute atomic E-state index is 0.0114. The Balaban J connectivity index is 1.67. The fraction of sp³-hybridized carbons (Fsp3) is 0.167. The van der Waals surface area contributed by atoms with Crippen molar-refractivity contribution >= 4 is 35.2 Å². The van der Waals surface area contributed by atoms with Crippen molar-refractivity contribution < 1.29 is 22.7 Å². The van der Waals surface area contributed by atoms with Crippen molar-refractivity contribution in [1.82, 2.24) is 20.2 Å². The highest BCUT2D eigenvalue weighted by Crippen LogP contribution is 2.36. The molecule has 13 heteroatoms. The van der Waals surface area contributed by atoms with E-state index in [9.17, 15) is 18.0 Å². The molecule has 9 nitrogen and oxygen atoms in total. The average molecular weight is 530 g/mol. The van der Waals surface area contributed by atoms with Gasteiger partial charge in [-0.3, -0.25) is 14.9 Å². The Morgan fingerprint density at radius 2 is 1.95 bits per heavy atom. The van der Waals surface area contributed by atoms with E-state index in [4.69, 9.17) is 10.5 Å². The molecule has 4 rings (SSSR count). The molecule has 1 aromatic carbocycles. The highest BCUT2D eigenvalue weighted by Gasteiger charge is 2.32. The van der Waals surface area contributed by atoms with E-state index in [0.717, 1.165) is 17.4 Å². The molecule has 0 aliphatic carbocycles. The molecule has 0 aliphatic rings. The Hall–Kier alpha value is -4.26. The molecule has 0 saturated heterocycles. The van der Waals surface area contributed by atoms with E-state index in [1.165, 1.54) is 24.1 Å². The Morgan fingerprint density at radius 1 is 1.16 bits per heavy atom. The third-order valence-electron chi connectivity index (χ3n) is 5.03. The lowest BCUT2D eigenvalue weighted by molar-refractivity contribution is -0.141. The monoisotopic (exact) mass is 529 g/mol. The number of anilines is 3. The Bertz CT molecular complexity index is 1380. The van der Waals surface area contributed by atoms with Gasteiger partial charge in [0.15, 0.2) is 0 Å². The van der Waals surface area contributed by atoms with Crippen LogP contribution in [0, 0.1) is 0 Å². The first-order valence-electron chi connectivity index (χ1n) is 11.0. The Labute approximate surface area is 214 Å². The van der Waals surface area contributed by atoms with Crippen molar-refractivity contribution in [3.63, 3.8) is 0 Å². The molecule has 4 aromatic rings. The second kappa shape index (κ2) is 11.2. The number of rotatable bonds is 10. The average Bonchev–Trinajstić information content (AvgIpc) is 3.30. The van der Waals surface area contributed by atoms with E-state index in [-0.39, 0.29) is 29.5 Å². The quantitative estimate of drug-likeness (QED) is 0.201. The Morgan fingerprint density at radius 3 is 2.65 bits per heavy atom. The van der Waals surface area contributed by atoms with Gasteiger partial charge >= 0.3 is 6.18 Å². The summed E-state index contributed by atoms with van der Waals surface area (Å²) in [5.41, 5.74) is 6.84.